The average molecular weight is 290 g/mol. The van der Waals surface area contributed by atoms with Gasteiger partial charge in [0.1, 0.15) is 0 Å². The first-order valence-corrected chi connectivity index (χ1v) is 6.68. The molecule has 2 rings (SSSR count). The van der Waals surface area contributed by atoms with Gasteiger partial charge in [0, 0.05) is 17.3 Å². The topological polar surface area (TPSA) is 49.3 Å². The summed E-state index contributed by atoms with van der Waals surface area (Å²) in [6.45, 7) is 4.50. The maximum atomic E-state index is 11.0. The molecule has 0 fully saturated rings. The molecule has 2 aromatic carbocycles. The summed E-state index contributed by atoms with van der Waals surface area (Å²) in [6, 6.07) is 10.9. The average Bonchev–Trinajstić information content (AvgIpc) is 2.41. The lowest BCUT2D eigenvalue weighted by Gasteiger charge is -2.11. The Bertz CT molecular complexity index is 653. The van der Waals surface area contributed by atoms with Gasteiger partial charge < -0.3 is 10.4 Å². The van der Waals surface area contributed by atoms with E-state index in [4.69, 9.17) is 16.7 Å². The summed E-state index contributed by atoms with van der Waals surface area (Å²) < 4.78 is 0. The van der Waals surface area contributed by atoms with Crippen molar-refractivity contribution in [3.8, 4) is 0 Å². The Morgan fingerprint density at radius 1 is 1.15 bits per heavy atom. The van der Waals surface area contributed by atoms with Gasteiger partial charge in [-0.25, -0.2) is 4.79 Å². The van der Waals surface area contributed by atoms with Crippen LogP contribution < -0.4 is 5.32 Å². The molecular formula is C16H16ClNO2. The molecule has 0 aliphatic heterocycles. The molecule has 0 atom stereocenters. The van der Waals surface area contributed by atoms with Crippen LogP contribution in [-0.2, 0) is 6.54 Å². The fraction of sp³-hybridized carbons (Fsp3) is 0.188. The van der Waals surface area contributed by atoms with Gasteiger partial charge in [-0.2, -0.15) is 0 Å². The van der Waals surface area contributed by atoms with Crippen LogP contribution in [0.1, 0.15) is 27.0 Å². The number of carbonyl (C=O) groups is 1. The Labute approximate surface area is 123 Å². The highest BCUT2D eigenvalue weighted by molar-refractivity contribution is 6.31. The molecule has 0 saturated carbocycles. The fourth-order valence-corrected chi connectivity index (χ4v) is 2.09. The van der Waals surface area contributed by atoms with Crippen LogP contribution in [-0.4, -0.2) is 11.1 Å². The third-order valence-electron chi connectivity index (χ3n) is 3.20. The second-order valence-electron chi connectivity index (χ2n) is 4.77. The standard InChI is InChI=1S/C16H16ClNO2/c1-10-3-5-12(7-14(10)17)9-18-15-8-13(16(19)20)6-4-11(15)2/h3-8,18H,9H2,1-2H3,(H,19,20). The zero-order valence-corrected chi connectivity index (χ0v) is 12.2. The first kappa shape index (κ1) is 14.4. The summed E-state index contributed by atoms with van der Waals surface area (Å²) in [4.78, 5) is 11.0. The van der Waals surface area contributed by atoms with Gasteiger partial charge in [0.15, 0.2) is 0 Å². The van der Waals surface area contributed by atoms with Gasteiger partial charge in [-0.1, -0.05) is 29.8 Å². The lowest BCUT2D eigenvalue weighted by molar-refractivity contribution is 0.0697. The molecule has 0 aliphatic carbocycles. The zero-order valence-electron chi connectivity index (χ0n) is 11.4. The lowest BCUT2D eigenvalue weighted by atomic mass is 10.1. The molecule has 20 heavy (non-hydrogen) atoms. The van der Waals surface area contributed by atoms with E-state index in [9.17, 15) is 4.79 Å². The fourth-order valence-electron chi connectivity index (χ4n) is 1.89. The SMILES string of the molecule is Cc1ccc(CNc2cc(C(=O)O)ccc2C)cc1Cl. The molecule has 0 saturated heterocycles. The molecule has 3 nitrogen and oxygen atoms in total. The van der Waals surface area contributed by atoms with E-state index in [-0.39, 0.29) is 5.56 Å². The number of hydrogen-bond donors (Lipinski definition) is 2. The number of aromatic carboxylic acids is 1. The maximum Gasteiger partial charge on any atom is 0.335 e. The summed E-state index contributed by atoms with van der Waals surface area (Å²) in [5.41, 5.74) is 4.20. The minimum atomic E-state index is -0.925. The highest BCUT2D eigenvalue weighted by atomic mass is 35.5. The Hall–Kier alpha value is -2.00. The number of rotatable bonds is 4. The van der Waals surface area contributed by atoms with Crippen LogP contribution in [0.5, 0.6) is 0 Å². The molecule has 0 heterocycles. The van der Waals surface area contributed by atoms with Gasteiger partial charge in [-0.05, 0) is 48.7 Å². The maximum absolute atomic E-state index is 11.0. The molecule has 2 N–H and O–H groups in total. The molecule has 4 heteroatoms. The van der Waals surface area contributed by atoms with Gasteiger partial charge in [-0.15, -0.1) is 0 Å². The first-order chi connectivity index (χ1) is 9.47. The number of hydrogen-bond acceptors (Lipinski definition) is 2. The van der Waals surface area contributed by atoms with Crippen molar-refractivity contribution in [2.45, 2.75) is 20.4 Å². The largest absolute Gasteiger partial charge is 0.478 e. The van der Waals surface area contributed by atoms with E-state index in [0.717, 1.165) is 27.4 Å². The highest BCUT2D eigenvalue weighted by Gasteiger charge is 2.06. The molecule has 0 unspecified atom stereocenters. The van der Waals surface area contributed by atoms with E-state index in [1.54, 1.807) is 18.2 Å². The van der Waals surface area contributed by atoms with Gasteiger partial charge in [-0.3, -0.25) is 0 Å². The third kappa shape index (κ3) is 3.31. The van der Waals surface area contributed by atoms with E-state index in [1.165, 1.54) is 0 Å². The summed E-state index contributed by atoms with van der Waals surface area (Å²) >= 11 is 6.09. The van der Waals surface area contributed by atoms with Crippen LogP contribution in [0, 0.1) is 13.8 Å². The van der Waals surface area contributed by atoms with Crippen molar-refractivity contribution in [2.75, 3.05) is 5.32 Å². The number of nitrogens with one attached hydrogen (secondary N) is 1. The highest BCUT2D eigenvalue weighted by Crippen LogP contribution is 2.20. The summed E-state index contributed by atoms with van der Waals surface area (Å²) in [7, 11) is 0. The Morgan fingerprint density at radius 2 is 1.85 bits per heavy atom. The molecule has 0 amide bonds. The van der Waals surface area contributed by atoms with Crippen molar-refractivity contribution in [3.05, 3.63) is 63.7 Å². The molecule has 0 aliphatic rings. The molecule has 0 aromatic heterocycles. The molecule has 0 bridgehead atoms. The number of anilines is 1. The zero-order chi connectivity index (χ0) is 14.7. The van der Waals surface area contributed by atoms with Gasteiger partial charge in [0.2, 0.25) is 0 Å². The Morgan fingerprint density at radius 3 is 2.50 bits per heavy atom. The van der Waals surface area contributed by atoms with Crippen LogP contribution in [0.25, 0.3) is 0 Å². The minimum Gasteiger partial charge on any atom is -0.478 e. The summed E-state index contributed by atoms with van der Waals surface area (Å²) in [5.74, 6) is -0.925. The van der Waals surface area contributed by atoms with Crippen LogP contribution in [0.2, 0.25) is 5.02 Å². The van der Waals surface area contributed by atoms with Gasteiger partial charge >= 0.3 is 5.97 Å². The van der Waals surface area contributed by atoms with Crippen molar-refractivity contribution in [3.63, 3.8) is 0 Å². The summed E-state index contributed by atoms with van der Waals surface area (Å²) in [5, 5.41) is 13.0. The van der Waals surface area contributed by atoms with Crippen molar-refractivity contribution in [2.24, 2.45) is 0 Å². The molecular weight excluding hydrogens is 274 g/mol. The number of carboxylic acids is 1. The van der Waals surface area contributed by atoms with E-state index < -0.39 is 5.97 Å². The molecule has 2 aromatic rings. The second-order valence-corrected chi connectivity index (χ2v) is 5.18. The van der Waals surface area contributed by atoms with Crippen LogP contribution in [0.3, 0.4) is 0 Å². The normalized spacial score (nSPS) is 10.3. The number of aryl methyl sites for hydroxylation is 2. The monoisotopic (exact) mass is 289 g/mol. The predicted octanol–water partition coefficient (Wildman–Crippen LogP) is 4.27. The lowest BCUT2D eigenvalue weighted by Crippen LogP contribution is -2.04. The molecule has 0 radical (unpaired) electrons. The Kier molecular flexibility index (Phi) is 4.30. The van der Waals surface area contributed by atoms with E-state index in [0.29, 0.717) is 6.54 Å². The number of benzene rings is 2. The second kappa shape index (κ2) is 5.97. The Balaban J connectivity index is 2.15. The third-order valence-corrected chi connectivity index (χ3v) is 3.61. The van der Waals surface area contributed by atoms with Crippen molar-refractivity contribution < 1.29 is 9.90 Å². The smallest absolute Gasteiger partial charge is 0.335 e. The number of carboxylic acid groups (broad SMARTS) is 1. The van der Waals surface area contributed by atoms with E-state index >= 15 is 0 Å². The molecule has 0 spiro atoms. The van der Waals surface area contributed by atoms with Crippen molar-refractivity contribution in [1.29, 1.82) is 0 Å². The van der Waals surface area contributed by atoms with Crippen LogP contribution in [0.15, 0.2) is 36.4 Å². The quantitative estimate of drug-likeness (QED) is 0.884. The van der Waals surface area contributed by atoms with E-state index in [2.05, 4.69) is 5.32 Å². The van der Waals surface area contributed by atoms with Crippen molar-refractivity contribution >= 4 is 23.3 Å². The number of halogens is 1. The van der Waals surface area contributed by atoms with E-state index in [1.807, 2.05) is 32.0 Å². The van der Waals surface area contributed by atoms with Gasteiger partial charge in [0.05, 0.1) is 5.56 Å². The van der Waals surface area contributed by atoms with Crippen molar-refractivity contribution in [1.82, 2.24) is 0 Å². The minimum absolute atomic E-state index is 0.278. The predicted molar refractivity (Wildman–Crippen MR) is 81.7 cm³/mol. The van der Waals surface area contributed by atoms with Gasteiger partial charge in [0.25, 0.3) is 0 Å². The first-order valence-electron chi connectivity index (χ1n) is 6.30. The van der Waals surface area contributed by atoms with Crippen LogP contribution >= 0.6 is 11.6 Å². The molecule has 104 valence electrons. The summed E-state index contributed by atoms with van der Waals surface area (Å²) in [6.07, 6.45) is 0. The van der Waals surface area contributed by atoms with Crippen LogP contribution in [0.4, 0.5) is 5.69 Å².